The Labute approximate surface area is 316 Å². The van der Waals surface area contributed by atoms with Crippen molar-refractivity contribution in [1.29, 1.82) is 0 Å². The molecule has 0 amide bonds. The first kappa shape index (κ1) is 38.7. The van der Waals surface area contributed by atoms with E-state index >= 15 is 4.39 Å². The topological polar surface area (TPSA) is 61.8 Å². The Balaban J connectivity index is 1.23. The van der Waals surface area contributed by atoms with Crippen molar-refractivity contribution in [2.24, 2.45) is 0 Å². The number of rotatable bonds is 13. The van der Waals surface area contributed by atoms with E-state index in [0.29, 0.717) is 42.7 Å². The van der Waals surface area contributed by atoms with Gasteiger partial charge in [0, 0.05) is 52.8 Å². The zero-order valence-electron chi connectivity index (χ0n) is 30.4. The summed E-state index contributed by atoms with van der Waals surface area (Å²) < 4.78 is 31.6. The predicted octanol–water partition coefficient (Wildman–Crippen LogP) is 9.63. The predicted molar refractivity (Wildman–Crippen MR) is 213 cm³/mol. The van der Waals surface area contributed by atoms with Crippen LogP contribution in [-0.2, 0) is 25.5 Å². The largest absolute Gasteiger partial charge is 0.493 e. The van der Waals surface area contributed by atoms with Crippen molar-refractivity contribution in [2.45, 2.75) is 45.4 Å². The Hall–Kier alpha value is -6.55. The molecule has 0 saturated carbocycles. The molecule has 0 fully saturated rings. The van der Waals surface area contributed by atoms with Crippen molar-refractivity contribution in [3.8, 4) is 41.3 Å². The second-order valence-electron chi connectivity index (χ2n) is 12.4. The summed E-state index contributed by atoms with van der Waals surface area (Å²) in [6, 6.07) is 27.3. The Morgan fingerprint density at radius 2 is 1.17 bits per heavy atom. The number of carbonyl (C=O) groups is 2. The van der Waals surface area contributed by atoms with Gasteiger partial charge in [-0.25, -0.2) is 14.0 Å². The molecule has 0 spiro atoms. The van der Waals surface area contributed by atoms with Gasteiger partial charge in [0.15, 0.2) is 0 Å². The molecular formula is C48H41FO5. The van der Waals surface area contributed by atoms with Gasteiger partial charge in [-0.1, -0.05) is 86.3 Å². The third kappa shape index (κ3) is 11.2. The molecule has 0 unspecified atom stereocenters. The highest BCUT2D eigenvalue weighted by Crippen LogP contribution is 2.24. The van der Waals surface area contributed by atoms with Crippen LogP contribution in [0.15, 0.2) is 110 Å². The minimum absolute atomic E-state index is 0.269. The molecule has 0 heterocycles. The maximum atomic E-state index is 15.9. The van der Waals surface area contributed by atoms with Crippen LogP contribution in [0.1, 0.15) is 72.4 Å². The lowest BCUT2D eigenvalue weighted by atomic mass is 9.98. The van der Waals surface area contributed by atoms with Crippen LogP contribution in [0.3, 0.4) is 0 Å². The number of unbranched alkanes of at least 4 members (excludes halogenated alkanes) is 2. The molecular weight excluding hydrogens is 676 g/mol. The van der Waals surface area contributed by atoms with E-state index in [1.54, 1.807) is 6.07 Å². The number of benzene rings is 5. The van der Waals surface area contributed by atoms with Crippen LogP contribution in [0, 0.1) is 41.3 Å². The highest BCUT2D eigenvalue weighted by Gasteiger charge is 2.11. The number of halogens is 1. The van der Waals surface area contributed by atoms with Gasteiger partial charge < -0.3 is 14.2 Å². The molecule has 6 heteroatoms. The monoisotopic (exact) mass is 716 g/mol. The van der Waals surface area contributed by atoms with Crippen molar-refractivity contribution in [3.63, 3.8) is 0 Å². The summed E-state index contributed by atoms with van der Waals surface area (Å²) in [5.41, 5.74) is 4.12. The van der Waals surface area contributed by atoms with Crippen LogP contribution < -0.4 is 4.74 Å². The van der Waals surface area contributed by atoms with E-state index < -0.39 is 11.9 Å². The zero-order chi connectivity index (χ0) is 38.1. The molecule has 54 heavy (non-hydrogen) atoms. The Morgan fingerprint density at radius 1 is 0.630 bits per heavy atom. The van der Waals surface area contributed by atoms with Crippen LogP contribution in [0.25, 0.3) is 21.5 Å². The van der Waals surface area contributed by atoms with Crippen molar-refractivity contribution in [2.75, 3.05) is 19.8 Å². The summed E-state index contributed by atoms with van der Waals surface area (Å²) in [7, 11) is 0. The van der Waals surface area contributed by atoms with Crippen LogP contribution in [-0.4, -0.2) is 31.8 Å². The average Bonchev–Trinajstić information content (AvgIpc) is 3.19. The quantitative estimate of drug-likeness (QED) is 0.0526. The fraction of sp³-hybridized carbons (Fsp3) is 0.208. The molecule has 0 N–H and O–H groups in total. The second kappa shape index (κ2) is 19.9. The summed E-state index contributed by atoms with van der Waals surface area (Å²) in [5, 5.41) is 4.09. The molecule has 5 aromatic carbocycles. The maximum Gasteiger partial charge on any atom is 0.330 e. The van der Waals surface area contributed by atoms with Crippen molar-refractivity contribution in [3.05, 3.63) is 149 Å². The zero-order valence-corrected chi connectivity index (χ0v) is 30.4. The summed E-state index contributed by atoms with van der Waals surface area (Å²) in [4.78, 5) is 22.3. The molecule has 0 aliphatic carbocycles. The fourth-order valence-electron chi connectivity index (χ4n) is 5.59. The minimum atomic E-state index is -0.445. The van der Waals surface area contributed by atoms with E-state index in [-0.39, 0.29) is 12.4 Å². The van der Waals surface area contributed by atoms with Crippen LogP contribution in [0.2, 0.25) is 0 Å². The molecule has 0 aromatic heterocycles. The third-order valence-electron chi connectivity index (χ3n) is 8.39. The first-order valence-electron chi connectivity index (χ1n) is 18.0. The smallest absolute Gasteiger partial charge is 0.330 e. The Kier molecular flexibility index (Phi) is 14.2. The summed E-state index contributed by atoms with van der Waals surface area (Å²) in [6.07, 6.45) is 6.52. The highest BCUT2D eigenvalue weighted by atomic mass is 19.1. The van der Waals surface area contributed by atoms with E-state index in [4.69, 9.17) is 14.2 Å². The molecule has 0 bridgehead atoms. The van der Waals surface area contributed by atoms with Gasteiger partial charge >= 0.3 is 11.9 Å². The van der Waals surface area contributed by atoms with Crippen molar-refractivity contribution in [1.82, 2.24) is 0 Å². The van der Waals surface area contributed by atoms with Gasteiger partial charge in [-0.05, 0) is 101 Å². The van der Waals surface area contributed by atoms with E-state index in [9.17, 15) is 9.59 Å². The first-order chi connectivity index (χ1) is 26.4. The lowest BCUT2D eigenvalue weighted by Gasteiger charge is -2.08. The molecule has 0 aliphatic rings. The first-order valence-corrected chi connectivity index (χ1v) is 18.0. The number of esters is 2. The van der Waals surface area contributed by atoms with Gasteiger partial charge in [-0.2, -0.15) is 0 Å². The van der Waals surface area contributed by atoms with E-state index in [1.165, 1.54) is 0 Å². The van der Waals surface area contributed by atoms with E-state index in [0.717, 1.165) is 81.8 Å². The van der Waals surface area contributed by atoms with Crippen molar-refractivity contribution < 1.29 is 28.2 Å². The number of hydrogen-bond acceptors (Lipinski definition) is 5. The number of hydrogen-bond donors (Lipinski definition) is 0. The maximum absolute atomic E-state index is 15.9. The SMILES string of the molecule is C=CC(=O)OCCCCC#Cc1ccc2cc(C#Cc3ccc(C#Cc4ccc5cc(OCCCOC(=O)C=C)ccc5c4)c(F)c3CCC)ccc2c1. The summed E-state index contributed by atoms with van der Waals surface area (Å²) in [6.45, 7) is 9.84. The molecule has 0 saturated heterocycles. The lowest BCUT2D eigenvalue weighted by Crippen LogP contribution is -2.06. The third-order valence-corrected chi connectivity index (χ3v) is 8.39. The second-order valence-corrected chi connectivity index (χ2v) is 12.4. The standard InChI is InChI=1S/C48H41FO5/c1-4-12-45-38(19-14-36-17-22-40-31-35(16-21-41(40)32-36)13-9-7-8-10-28-53-46(50)5-2)24-25-39(48(45)49)20-15-37-18-23-43-34-44(27-26-42(43)33-37)52-29-11-30-54-47(51)6-3/h5-6,16-18,21-27,31-34H,2-4,7-8,10-12,28-30H2,1H3. The number of carbonyl (C=O) groups excluding carboxylic acids is 2. The van der Waals surface area contributed by atoms with Gasteiger partial charge in [0.2, 0.25) is 0 Å². The molecule has 270 valence electrons. The molecule has 0 atom stereocenters. The molecule has 0 radical (unpaired) electrons. The van der Waals surface area contributed by atoms with Gasteiger partial charge in [0.25, 0.3) is 0 Å². The van der Waals surface area contributed by atoms with E-state index in [2.05, 4.69) is 54.7 Å². The molecule has 0 aliphatic heterocycles. The van der Waals surface area contributed by atoms with E-state index in [1.807, 2.05) is 79.7 Å². The van der Waals surface area contributed by atoms with Gasteiger partial charge in [0.1, 0.15) is 11.6 Å². The Bertz CT molecular complexity index is 2370. The van der Waals surface area contributed by atoms with Gasteiger partial charge in [-0.15, -0.1) is 0 Å². The fourth-order valence-corrected chi connectivity index (χ4v) is 5.59. The lowest BCUT2D eigenvalue weighted by molar-refractivity contribution is -0.138. The van der Waals surface area contributed by atoms with Crippen LogP contribution in [0.4, 0.5) is 4.39 Å². The highest BCUT2D eigenvalue weighted by molar-refractivity contribution is 5.86. The van der Waals surface area contributed by atoms with Gasteiger partial charge in [0.05, 0.1) is 25.4 Å². The molecule has 5 aromatic rings. The number of ether oxygens (including phenoxy) is 3. The number of fused-ring (bicyclic) bond motifs is 2. The van der Waals surface area contributed by atoms with Crippen LogP contribution >= 0.6 is 0 Å². The Morgan fingerprint density at radius 3 is 1.78 bits per heavy atom. The van der Waals surface area contributed by atoms with Crippen molar-refractivity contribution >= 4 is 33.5 Å². The molecule has 5 nitrogen and oxygen atoms in total. The summed E-state index contributed by atoms with van der Waals surface area (Å²) in [5.74, 6) is 18.6. The molecule has 5 rings (SSSR count). The normalized spacial score (nSPS) is 10.2. The average molecular weight is 717 g/mol. The van der Waals surface area contributed by atoms with Gasteiger partial charge in [-0.3, -0.25) is 0 Å². The minimum Gasteiger partial charge on any atom is -0.493 e. The summed E-state index contributed by atoms with van der Waals surface area (Å²) >= 11 is 0. The van der Waals surface area contributed by atoms with Crippen LogP contribution in [0.5, 0.6) is 5.75 Å².